The van der Waals surface area contributed by atoms with E-state index in [9.17, 15) is 4.79 Å². The van der Waals surface area contributed by atoms with Crippen molar-refractivity contribution in [1.82, 2.24) is 14.8 Å². The third-order valence-corrected chi connectivity index (χ3v) is 5.74. The van der Waals surface area contributed by atoms with Gasteiger partial charge in [0.05, 0.1) is 0 Å². The molecular formula is C14H25N3O2Si. The Kier molecular flexibility index (Phi) is 4.44. The van der Waals surface area contributed by atoms with Crippen molar-refractivity contribution in [2.75, 3.05) is 6.61 Å². The lowest BCUT2D eigenvalue weighted by Crippen LogP contribution is -2.36. The molecule has 1 saturated carbocycles. The molecule has 0 atom stereocenters. The molecule has 0 saturated heterocycles. The van der Waals surface area contributed by atoms with Crippen LogP contribution in [0.5, 0.6) is 0 Å². The molecule has 0 aliphatic heterocycles. The first kappa shape index (κ1) is 15.4. The Morgan fingerprint density at radius 2 is 2.15 bits per heavy atom. The van der Waals surface area contributed by atoms with Gasteiger partial charge >= 0.3 is 0 Å². The summed E-state index contributed by atoms with van der Waals surface area (Å²) < 4.78 is 7.25. The standard InChI is InChI=1S/C14H25N3O2Si/c1-14(6-5-7-14)12(18)13-15-10-16-17(13)11-19-8-9-20(2,3)4/h10H,5-9,11H2,1-4H3. The molecule has 0 bridgehead atoms. The molecule has 0 unspecified atom stereocenters. The molecule has 0 aromatic carbocycles. The zero-order chi connectivity index (χ0) is 14.8. The van der Waals surface area contributed by atoms with Crippen LogP contribution >= 0.6 is 0 Å². The Labute approximate surface area is 121 Å². The van der Waals surface area contributed by atoms with E-state index in [1.165, 1.54) is 6.33 Å². The molecule has 1 aliphatic carbocycles. The number of nitrogens with zero attached hydrogens (tertiary/aromatic N) is 3. The molecule has 1 fully saturated rings. The summed E-state index contributed by atoms with van der Waals surface area (Å²) in [5, 5.41) is 4.11. The van der Waals surface area contributed by atoms with Crippen LogP contribution in [-0.2, 0) is 11.5 Å². The van der Waals surface area contributed by atoms with Crippen molar-refractivity contribution in [3.05, 3.63) is 12.2 Å². The first-order chi connectivity index (χ1) is 9.32. The van der Waals surface area contributed by atoms with E-state index >= 15 is 0 Å². The van der Waals surface area contributed by atoms with Crippen molar-refractivity contribution in [3.8, 4) is 0 Å². The van der Waals surface area contributed by atoms with Crippen molar-refractivity contribution >= 4 is 13.9 Å². The van der Waals surface area contributed by atoms with Crippen LogP contribution in [0, 0.1) is 5.41 Å². The van der Waals surface area contributed by atoms with Crippen LogP contribution in [0.4, 0.5) is 0 Å². The highest BCUT2D eigenvalue weighted by Gasteiger charge is 2.41. The molecule has 0 radical (unpaired) electrons. The number of ether oxygens (including phenoxy) is 1. The predicted octanol–water partition coefficient (Wildman–Crippen LogP) is 2.96. The van der Waals surface area contributed by atoms with Gasteiger partial charge in [-0.2, -0.15) is 5.10 Å². The summed E-state index contributed by atoms with van der Waals surface area (Å²) in [6.45, 7) is 10.0. The molecular weight excluding hydrogens is 270 g/mol. The molecule has 0 spiro atoms. The number of hydrogen-bond acceptors (Lipinski definition) is 4. The first-order valence-electron chi connectivity index (χ1n) is 7.32. The third-order valence-electron chi connectivity index (χ3n) is 4.03. The van der Waals surface area contributed by atoms with E-state index in [2.05, 4.69) is 29.7 Å². The fourth-order valence-corrected chi connectivity index (χ4v) is 3.02. The van der Waals surface area contributed by atoms with Crippen LogP contribution in [-0.4, -0.2) is 35.2 Å². The third kappa shape index (κ3) is 3.55. The van der Waals surface area contributed by atoms with E-state index in [1.807, 2.05) is 6.92 Å². The molecule has 5 nitrogen and oxygen atoms in total. The van der Waals surface area contributed by atoms with Crippen LogP contribution in [0.3, 0.4) is 0 Å². The predicted molar refractivity (Wildman–Crippen MR) is 80.4 cm³/mol. The molecule has 20 heavy (non-hydrogen) atoms. The molecule has 0 amide bonds. The van der Waals surface area contributed by atoms with Gasteiger partial charge < -0.3 is 4.74 Å². The van der Waals surface area contributed by atoms with Gasteiger partial charge in [-0.15, -0.1) is 0 Å². The highest BCUT2D eigenvalue weighted by atomic mass is 28.3. The minimum absolute atomic E-state index is 0.107. The quantitative estimate of drug-likeness (QED) is 0.441. The molecule has 1 aromatic heterocycles. The van der Waals surface area contributed by atoms with Crippen molar-refractivity contribution in [2.45, 2.75) is 58.6 Å². The van der Waals surface area contributed by atoms with Gasteiger partial charge in [0, 0.05) is 20.1 Å². The van der Waals surface area contributed by atoms with Crippen LogP contribution in [0.2, 0.25) is 25.7 Å². The molecule has 0 N–H and O–H groups in total. The maximum Gasteiger partial charge on any atom is 0.205 e. The van der Waals surface area contributed by atoms with Gasteiger partial charge in [0.25, 0.3) is 0 Å². The normalized spacial score (nSPS) is 17.8. The summed E-state index contributed by atoms with van der Waals surface area (Å²) in [5.41, 5.74) is -0.233. The molecule has 112 valence electrons. The summed E-state index contributed by atoms with van der Waals surface area (Å²) in [6, 6.07) is 1.11. The number of rotatable bonds is 7. The smallest absolute Gasteiger partial charge is 0.205 e. The highest BCUT2D eigenvalue weighted by molar-refractivity contribution is 6.76. The first-order valence-corrected chi connectivity index (χ1v) is 11.0. The number of aromatic nitrogens is 3. The van der Waals surface area contributed by atoms with E-state index < -0.39 is 8.07 Å². The lowest BCUT2D eigenvalue weighted by Gasteiger charge is -2.36. The van der Waals surface area contributed by atoms with E-state index in [-0.39, 0.29) is 11.2 Å². The van der Waals surface area contributed by atoms with Gasteiger partial charge in [-0.1, -0.05) is 33.0 Å². The molecule has 6 heteroatoms. The number of ketones is 1. The Hall–Kier alpha value is -1.01. The van der Waals surface area contributed by atoms with Gasteiger partial charge in [-0.3, -0.25) is 4.79 Å². The second kappa shape index (κ2) is 5.77. The van der Waals surface area contributed by atoms with Gasteiger partial charge in [0.1, 0.15) is 13.1 Å². The number of hydrogen-bond donors (Lipinski definition) is 0. The number of carbonyl (C=O) groups excluding carboxylic acids is 1. The van der Waals surface area contributed by atoms with Crippen molar-refractivity contribution in [3.63, 3.8) is 0 Å². The summed E-state index contributed by atoms with van der Waals surface area (Å²) in [6.07, 6.45) is 4.48. The van der Waals surface area contributed by atoms with Crippen molar-refractivity contribution in [1.29, 1.82) is 0 Å². The van der Waals surface area contributed by atoms with Crippen molar-refractivity contribution in [2.24, 2.45) is 5.41 Å². The SMILES string of the molecule is CC1(C(=O)c2ncnn2COCC[Si](C)(C)C)CCC1. The van der Waals surface area contributed by atoms with E-state index in [0.29, 0.717) is 12.6 Å². The second-order valence-corrected chi connectivity index (χ2v) is 12.8. The maximum atomic E-state index is 12.5. The van der Waals surface area contributed by atoms with Gasteiger partial charge in [-0.05, 0) is 18.9 Å². The number of Topliss-reactive ketones (excluding diaryl/α,β-unsaturated/α-hetero) is 1. The Morgan fingerprint density at radius 3 is 2.70 bits per heavy atom. The summed E-state index contributed by atoms with van der Waals surface area (Å²) in [7, 11) is -1.08. The summed E-state index contributed by atoms with van der Waals surface area (Å²) in [5.74, 6) is 0.551. The topological polar surface area (TPSA) is 57.0 Å². The lowest BCUT2D eigenvalue weighted by molar-refractivity contribution is 0.0566. The van der Waals surface area contributed by atoms with Crippen LogP contribution in [0.25, 0.3) is 0 Å². The van der Waals surface area contributed by atoms with E-state index in [4.69, 9.17) is 4.74 Å². The molecule has 2 rings (SSSR count). The van der Waals surface area contributed by atoms with Crippen molar-refractivity contribution < 1.29 is 9.53 Å². The average molecular weight is 295 g/mol. The lowest BCUT2D eigenvalue weighted by atomic mass is 9.67. The van der Waals surface area contributed by atoms with E-state index in [0.717, 1.165) is 31.9 Å². The summed E-state index contributed by atoms with van der Waals surface area (Å²) >= 11 is 0. The zero-order valence-corrected chi connectivity index (χ0v) is 14.0. The summed E-state index contributed by atoms with van der Waals surface area (Å²) in [4.78, 5) is 16.6. The minimum atomic E-state index is -1.08. The Balaban J connectivity index is 1.90. The van der Waals surface area contributed by atoms with Crippen LogP contribution in [0.15, 0.2) is 6.33 Å². The van der Waals surface area contributed by atoms with Crippen LogP contribution < -0.4 is 0 Å². The monoisotopic (exact) mass is 295 g/mol. The molecule has 1 aliphatic rings. The molecule has 1 heterocycles. The largest absolute Gasteiger partial charge is 0.359 e. The highest BCUT2D eigenvalue weighted by Crippen LogP contribution is 2.42. The minimum Gasteiger partial charge on any atom is -0.359 e. The average Bonchev–Trinajstić information content (AvgIpc) is 2.77. The maximum absolute atomic E-state index is 12.5. The second-order valence-electron chi connectivity index (χ2n) is 7.17. The fraction of sp³-hybridized carbons (Fsp3) is 0.786. The Bertz CT molecular complexity index is 475. The van der Waals surface area contributed by atoms with Gasteiger partial charge in [0.15, 0.2) is 5.82 Å². The van der Waals surface area contributed by atoms with E-state index in [1.54, 1.807) is 4.68 Å². The zero-order valence-electron chi connectivity index (χ0n) is 13.0. The van der Waals surface area contributed by atoms with Crippen LogP contribution in [0.1, 0.15) is 36.8 Å². The number of carbonyl (C=O) groups is 1. The fourth-order valence-electron chi connectivity index (χ4n) is 2.27. The Morgan fingerprint density at radius 1 is 1.45 bits per heavy atom. The van der Waals surface area contributed by atoms with Gasteiger partial charge in [0.2, 0.25) is 5.78 Å². The van der Waals surface area contributed by atoms with Gasteiger partial charge in [-0.25, -0.2) is 9.67 Å². The molecule has 1 aromatic rings.